The van der Waals surface area contributed by atoms with Crippen LogP contribution in [-0.4, -0.2) is 17.2 Å². The molecule has 0 aromatic carbocycles. The summed E-state index contributed by atoms with van der Waals surface area (Å²) in [4.78, 5) is 4.42. The van der Waals surface area contributed by atoms with E-state index in [-0.39, 0.29) is 5.41 Å². The Morgan fingerprint density at radius 3 is 2.39 bits per heavy atom. The molecule has 0 amide bonds. The molecule has 0 aliphatic heterocycles. The summed E-state index contributed by atoms with van der Waals surface area (Å²) in [6.07, 6.45) is -4.93. The Morgan fingerprint density at radius 1 is 1.33 bits per heavy atom. The fourth-order valence-electron chi connectivity index (χ4n) is 1.42. The van der Waals surface area contributed by atoms with E-state index >= 15 is 0 Å². The standard InChI is InChI=1S/C12H19F3N2S/c1-8(5-12(13,14)15)16-6-10-17-9(7-18-10)11(2,3)4/h7-8,16H,5-6H2,1-4H3. The first kappa shape index (κ1) is 15.4. The Kier molecular flexibility index (Phi) is 4.78. The van der Waals surface area contributed by atoms with Crippen molar-refractivity contribution in [1.82, 2.24) is 10.3 Å². The Hall–Kier alpha value is -0.620. The van der Waals surface area contributed by atoms with Gasteiger partial charge in [-0.3, -0.25) is 0 Å². The van der Waals surface area contributed by atoms with Crippen LogP contribution >= 0.6 is 11.3 Å². The summed E-state index contributed by atoms with van der Waals surface area (Å²) in [6.45, 7) is 8.10. The van der Waals surface area contributed by atoms with Crippen molar-refractivity contribution < 1.29 is 13.2 Å². The van der Waals surface area contributed by atoms with Gasteiger partial charge in [0.1, 0.15) is 5.01 Å². The maximum atomic E-state index is 12.1. The monoisotopic (exact) mass is 280 g/mol. The lowest BCUT2D eigenvalue weighted by molar-refractivity contribution is -0.139. The quantitative estimate of drug-likeness (QED) is 0.905. The van der Waals surface area contributed by atoms with Crippen LogP contribution in [0, 0.1) is 0 Å². The first-order valence-electron chi connectivity index (χ1n) is 5.83. The molecule has 1 aromatic rings. The van der Waals surface area contributed by atoms with E-state index in [1.807, 2.05) is 5.38 Å². The molecule has 18 heavy (non-hydrogen) atoms. The molecule has 1 unspecified atom stereocenters. The Balaban J connectivity index is 2.47. The largest absolute Gasteiger partial charge is 0.390 e. The molecule has 0 fully saturated rings. The first-order valence-corrected chi connectivity index (χ1v) is 6.71. The number of hydrogen-bond acceptors (Lipinski definition) is 3. The fraction of sp³-hybridized carbons (Fsp3) is 0.750. The second kappa shape index (κ2) is 5.57. The van der Waals surface area contributed by atoms with Crippen molar-refractivity contribution >= 4 is 11.3 Å². The van der Waals surface area contributed by atoms with Gasteiger partial charge in [-0.15, -0.1) is 11.3 Å². The van der Waals surface area contributed by atoms with Gasteiger partial charge >= 0.3 is 6.18 Å². The normalized spacial score (nSPS) is 14.8. The van der Waals surface area contributed by atoms with Gasteiger partial charge in [0, 0.05) is 23.4 Å². The van der Waals surface area contributed by atoms with Gasteiger partial charge in [0.05, 0.1) is 12.1 Å². The third kappa shape index (κ3) is 5.35. The van der Waals surface area contributed by atoms with Gasteiger partial charge in [0.15, 0.2) is 0 Å². The lowest BCUT2D eigenvalue weighted by atomic mass is 9.93. The minimum atomic E-state index is -4.12. The lowest BCUT2D eigenvalue weighted by Crippen LogP contribution is -2.30. The topological polar surface area (TPSA) is 24.9 Å². The summed E-state index contributed by atoms with van der Waals surface area (Å²) in [5.41, 5.74) is 0.958. The zero-order valence-corrected chi connectivity index (χ0v) is 11.9. The Morgan fingerprint density at radius 2 is 1.94 bits per heavy atom. The second-order valence-electron chi connectivity index (χ2n) is 5.48. The summed E-state index contributed by atoms with van der Waals surface area (Å²) in [6, 6.07) is -0.591. The second-order valence-corrected chi connectivity index (χ2v) is 6.42. The fourth-order valence-corrected chi connectivity index (χ4v) is 2.39. The maximum absolute atomic E-state index is 12.1. The first-order chi connectivity index (χ1) is 8.08. The summed E-state index contributed by atoms with van der Waals surface area (Å²) < 4.78 is 36.4. The number of aromatic nitrogens is 1. The van der Waals surface area contributed by atoms with Crippen LogP contribution in [0.3, 0.4) is 0 Å². The smallest absolute Gasteiger partial charge is 0.308 e. The highest BCUT2D eigenvalue weighted by molar-refractivity contribution is 7.09. The van der Waals surface area contributed by atoms with Crippen LogP contribution in [0.5, 0.6) is 0 Å². The molecule has 1 atom stereocenters. The summed E-state index contributed by atoms with van der Waals surface area (Å²) in [7, 11) is 0. The number of nitrogens with zero attached hydrogens (tertiary/aromatic N) is 1. The van der Waals surface area contributed by atoms with Gasteiger partial charge in [0.25, 0.3) is 0 Å². The van der Waals surface area contributed by atoms with Crippen LogP contribution in [0.1, 0.15) is 44.8 Å². The van der Waals surface area contributed by atoms with E-state index in [9.17, 15) is 13.2 Å². The van der Waals surface area contributed by atoms with Crippen LogP contribution in [0.25, 0.3) is 0 Å². The van der Waals surface area contributed by atoms with Crippen molar-refractivity contribution in [3.05, 3.63) is 16.1 Å². The Labute approximate surface area is 110 Å². The molecule has 1 rings (SSSR count). The van der Waals surface area contributed by atoms with Crippen molar-refractivity contribution in [2.75, 3.05) is 0 Å². The van der Waals surface area contributed by atoms with Crippen molar-refractivity contribution in [3.8, 4) is 0 Å². The molecule has 1 N–H and O–H groups in total. The maximum Gasteiger partial charge on any atom is 0.390 e. The lowest BCUT2D eigenvalue weighted by Gasteiger charge is -2.15. The number of thiazole rings is 1. The highest BCUT2D eigenvalue weighted by atomic mass is 32.1. The van der Waals surface area contributed by atoms with E-state index in [0.717, 1.165) is 10.7 Å². The summed E-state index contributed by atoms with van der Waals surface area (Å²) >= 11 is 1.48. The molecule has 0 bridgehead atoms. The van der Waals surface area contributed by atoms with Gasteiger partial charge in [-0.25, -0.2) is 4.98 Å². The number of nitrogens with one attached hydrogen (secondary N) is 1. The molecule has 0 saturated heterocycles. The van der Waals surface area contributed by atoms with Crippen molar-refractivity contribution in [1.29, 1.82) is 0 Å². The molecule has 1 heterocycles. The zero-order valence-electron chi connectivity index (χ0n) is 11.1. The van der Waals surface area contributed by atoms with Gasteiger partial charge < -0.3 is 5.32 Å². The highest BCUT2D eigenvalue weighted by Gasteiger charge is 2.29. The molecular weight excluding hydrogens is 261 g/mol. The number of rotatable bonds is 4. The van der Waals surface area contributed by atoms with E-state index in [2.05, 4.69) is 31.1 Å². The molecule has 2 nitrogen and oxygen atoms in total. The van der Waals surface area contributed by atoms with Crippen LogP contribution in [0.2, 0.25) is 0 Å². The minimum absolute atomic E-state index is 0.0215. The van der Waals surface area contributed by atoms with Crippen LogP contribution in [0.15, 0.2) is 5.38 Å². The highest BCUT2D eigenvalue weighted by Crippen LogP contribution is 2.24. The van der Waals surface area contributed by atoms with E-state index < -0.39 is 18.6 Å². The number of hydrogen-bond donors (Lipinski definition) is 1. The van der Waals surface area contributed by atoms with E-state index in [1.54, 1.807) is 0 Å². The predicted octanol–water partition coefficient (Wildman–Crippen LogP) is 3.87. The average molecular weight is 280 g/mol. The number of halogens is 3. The minimum Gasteiger partial charge on any atom is -0.308 e. The van der Waals surface area contributed by atoms with E-state index in [0.29, 0.717) is 6.54 Å². The van der Waals surface area contributed by atoms with E-state index in [4.69, 9.17) is 0 Å². The molecule has 1 aromatic heterocycles. The average Bonchev–Trinajstić information content (AvgIpc) is 2.59. The Bertz CT molecular complexity index is 379. The molecule has 0 aliphatic carbocycles. The van der Waals surface area contributed by atoms with Crippen molar-refractivity contribution in [2.45, 2.75) is 58.3 Å². The molecule has 0 radical (unpaired) electrons. The summed E-state index contributed by atoms with van der Waals surface area (Å²) in [5, 5.41) is 5.64. The SMILES string of the molecule is CC(CC(F)(F)F)NCc1nc(C(C)(C)C)cs1. The third-order valence-corrected chi connectivity index (χ3v) is 3.31. The molecule has 6 heteroatoms. The molecular formula is C12H19F3N2S. The van der Waals surface area contributed by atoms with Crippen LogP contribution < -0.4 is 5.32 Å². The molecule has 0 aliphatic rings. The van der Waals surface area contributed by atoms with Crippen LogP contribution in [-0.2, 0) is 12.0 Å². The molecule has 104 valence electrons. The van der Waals surface area contributed by atoms with Crippen molar-refractivity contribution in [2.24, 2.45) is 0 Å². The zero-order chi connectivity index (χ0) is 14.0. The predicted molar refractivity (Wildman–Crippen MR) is 67.8 cm³/mol. The molecule has 0 saturated carbocycles. The van der Waals surface area contributed by atoms with E-state index in [1.165, 1.54) is 18.3 Å². The molecule has 0 spiro atoms. The number of alkyl halides is 3. The van der Waals surface area contributed by atoms with Gasteiger partial charge in [-0.2, -0.15) is 13.2 Å². The van der Waals surface area contributed by atoms with Gasteiger partial charge in [-0.05, 0) is 6.92 Å². The van der Waals surface area contributed by atoms with Gasteiger partial charge in [0.2, 0.25) is 0 Å². The van der Waals surface area contributed by atoms with Gasteiger partial charge in [-0.1, -0.05) is 20.8 Å². The van der Waals surface area contributed by atoms with Crippen molar-refractivity contribution in [3.63, 3.8) is 0 Å². The third-order valence-electron chi connectivity index (χ3n) is 2.46. The van der Waals surface area contributed by atoms with Crippen LogP contribution in [0.4, 0.5) is 13.2 Å². The summed E-state index contributed by atoms with van der Waals surface area (Å²) in [5.74, 6) is 0.